The van der Waals surface area contributed by atoms with Gasteiger partial charge in [0.05, 0.1) is 40.4 Å². The van der Waals surface area contributed by atoms with Crippen LogP contribution in [0.2, 0.25) is 0 Å². The van der Waals surface area contributed by atoms with E-state index in [1.807, 2.05) is 35.1 Å². The highest BCUT2D eigenvalue weighted by atomic mass is 32.2. The smallest absolute Gasteiger partial charge is 0.254 e. The Labute approximate surface area is 462 Å². The first-order valence-electron chi connectivity index (χ1n) is 26.8. The summed E-state index contributed by atoms with van der Waals surface area (Å²) in [6, 6.07) is 10.8. The van der Waals surface area contributed by atoms with E-state index >= 15 is 0 Å². The Morgan fingerprint density at radius 3 is 1.36 bits per heavy atom. The minimum atomic E-state index is -2.88. The van der Waals surface area contributed by atoms with Gasteiger partial charge in [-0.2, -0.15) is 0 Å². The molecule has 6 aliphatic rings. The lowest BCUT2D eigenvalue weighted by atomic mass is 9.91. The summed E-state index contributed by atoms with van der Waals surface area (Å²) in [6.45, 7) is 5.03. The van der Waals surface area contributed by atoms with Crippen LogP contribution >= 0.6 is 22.7 Å². The van der Waals surface area contributed by atoms with Crippen molar-refractivity contribution in [1.82, 2.24) is 40.2 Å². The van der Waals surface area contributed by atoms with Crippen LogP contribution in [0.5, 0.6) is 0 Å². The van der Waals surface area contributed by atoms with E-state index in [1.165, 1.54) is 35.2 Å². The number of hydrogen-bond donors (Lipinski definition) is 8. The van der Waals surface area contributed by atoms with Crippen molar-refractivity contribution in [3.05, 3.63) is 92.2 Å². The standard InChI is InChI=1S/2C27H33N7O3S2/c2*1-15-20(4-3-5-22(15)39(2,28)37)31-27-33-30-14-34(27)18-10-11-21-19(12-18)23(25(36)29-13-16-6-7-16)26(38-21)32-24(35)17-8-9-17/h2*3-5,14,16-18,28H,6-13H2,1-2H3,(H,29,36)(H,31,33)(H,32,35)/t18-,39+;18-,39-/m00/s1. The third-order valence-corrected chi connectivity index (χ3v) is 20.6. The van der Waals surface area contributed by atoms with Gasteiger partial charge in [-0.1, -0.05) is 12.1 Å². The first-order chi connectivity index (χ1) is 37.4. The summed E-state index contributed by atoms with van der Waals surface area (Å²) < 4.78 is 44.9. The second-order valence-electron chi connectivity index (χ2n) is 22.0. The van der Waals surface area contributed by atoms with E-state index in [9.17, 15) is 27.6 Å². The molecule has 0 bridgehead atoms. The minimum absolute atomic E-state index is 0.00739. The second-order valence-corrected chi connectivity index (χ2v) is 28.4. The second kappa shape index (κ2) is 21.6. The van der Waals surface area contributed by atoms with Gasteiger partial charge in [0.2, 0.25) is 23.7 Å². The molecule has 20 nitrogen and oxygen atoms in total. The number of amides is 4. The average molecular weight is 1140 g/mol. The number of nitrogens with zero attached hydrogens (tertiary/aromatic N) is 6. The van der Waals surface area contributed by atoms with Gasteiger partial charge in [0, 0.05) is 70.6 Å². The number of benzene rings is 2. The topological polar surface area (TPSA) is 284 Å². The molecule has 4 heterocycles. The lowest BCUT2D eigenvalue weighted by Gasteiger charge is -2.25. The van der Waals surface area contributed by atoms with E-state index in [1.54, 1.807) is 36.9 Å². The summed E-state index contributed by atoms with van der Waals surface area (Å²) in [5, 5.41) is 37.3. The number of anilines is 6. The molecule has 2 aromatic carbocycles. The zero-order chi connectivity index (χ0) is 54.6. The van der Waals surface area contributed by atoms with Gasteiger partial charge in [-0.15, -0.1) is 43.1 Å². The number of nitrogens with one attached hydrogen (secondary N) is 8. The fraction of sp³-hybridized carbons (Fsp3) is 0.481. The fourth-order valence-electron chi connectivity index (χ4n) is 10.5. The third kappa shape index (κ3) is 11.9. The fourth-order valence-corrected chi connectivity index (χ4v) is 15.0. The van der Waals surface area contributed by atoms with Crippen molar-refractivity contribution in [2.45, 2.75) is 126 Å². The molecule has 0 saturated heterocycles. The molecular weight excluding hydrogens is 1070 g/mol. The monoisotopic (exact) mass is 1130 g/mol. The van der Waals surface area contributed by atoms with E-state index in [0.29, 0.717) is 80.6 Å². The number of thiophene rings is 2. The van der Waals surface area contributed by atoms with Crippen LogP contribution in [-0.2, 0) is 54.7 Å². The van der Waals surface area contributed by atoms with Gasteiger partial charge in [-0.05, 0) is 162 Å². The van der Waals surface area contributed by atoms with Crippen LogP contribution in [0.4, 0.5) is 33.3 Å². The Morgan fingerprint density at radius 1 is 0.603 bits per heavy atom. The van der Waals surface area contributed by atoms with Crippen molar-refractivity contribution in [2.24, 2.45) is 23.7 Å². The van der Waals surface area contributed by atoms with Gasteiger partial charge >= 0.3 is 0 Å². The molecule has 0 spiro atoms. The molecule has 0 unspecified atom stereocenters. The molecule has 4 amide bonds. The highest BCUT2D eigenvalue weighted by Gasteiger charge is 2.37. The number of fused-ring (bicyclic) bond motifs is 2. The Bertz CT molecular complexity index is 3330. The SMILES string of the molecule is Cc1c(Nc2nncn2[C@H]2CCc3sc(NC(=O)C4CC4)c(C(=O)NCC4CC4)c3C2)cccc1[S@@](C)(=N)=O.Cc1c(Nc2nncn2[C@H]2CCc3sc(NC(=O)C4CC4)c(C(=O)NCC4CC4)c3C2)cccc1[S@](C)(=N)=O. The van der Waals surface area contributed by atoms with Crippen LogP contribution in [-0.4, -0.2) is 87.2 Å². The summed E-state index contributed by atoms with van der Waals surface area (Å²) >= 11 is 3.06. The first-order valence-corrected chi connectivity index (χ1v) is 32.4. The Morgan fingerprint density at radius 2 is 1.00 bits per heavy atom. The van der Waals surface area contributed by atoms with Crippen LogP contribution in [0.1, 0.15) is 129 Å². The predicted molar refractivity (Wildman–Crippen MR) is 303 cm³/mol. The van der Waals surface area contributed by atoms with Gasteiger partial charge in [0.15, 0.2) is 0 Å². The van der Waals surface area contributed by atoms with Crippen LogP contribution in [0.25, 0.3) is 0 Å². The maximum absolute atomic E-state index is 13.4. The van der Waals surface area contributed by atoms with Crippen LogP contribution in [0.15, 0.2) is 58.8 Å². The molecule has 6 aromatic rings. The molecular formula is C54H66N14O6S4. The van der Waals surface area contributed by atoms with Gasteiger partial charge in [0.25, 0.3) is 11.8 Å². The van der Waals surface area contributed by atoms with Crippen molar-refractivity contribution < 1.29 is 27.6 Å². The number of carbonyl (C=O) groups is 4. The molecule has 4 saturated carbocycles. The van der Waals surface area contributed by atoms with Gasteiger partial charge in [0.1, 0.15) is 22.7 Å². The summed E-state index contributed by atoms with van der Waals surface area (Å²) in [7, 11) is -5.75. The molecule has 78 heavy (non-hydrogen) atoms. The van der Waals surface area contributed by atoms with Crippen LogP contribution < -0.4 is 31.9 Å². The molecule has 8 N–H and O–H groups in total. The van der Waals surface area contributed by atoms with E-state index in [2.05, 4.69) is 52.3 Å². The molecule has 0 radical (unpaired) electrons. The zero-order valence-corrected chi connectivity index (χ0v) is 47.4. The molecule has 4 aromatic heterocycles. The molecule has 12 rings (SSSR count). The number of aromatic nitrogens is 6. The van der Waals surface area contributed by atoms with E-state index in [4.69, 9.17) is 9.56 Å². The summed E-state index contributed by atoms with van der Waals surface area (Å²) in [6.07, 6.45) is 19.0. The molecule has 412 valence electrons. The molecule has 4 atom stereocenters. The summed E-state index contributed by atoms with van der Waals surface area (Å²) in [4.78, 5) is 55.3. The van der Waals surface area contributed by atoms with E-state index in [-0.39, 0.29) is 47.5 Å². The van der Waals surface area contributed by atoms with Crippen molar-refractivity contribution in [3.63, 3.8) is 0 Å². The largest absolute Gasteiger partial charge is 0.352 e. The minimum Gasteiger partial charge on any atom is -0.352 e. The lowest BCUT2D eigenvalue weighted by molar-refractivity contribution is -0.118. The van der Waals surface area contributed by atoms with Crippen LogP contribution in [0, 0.1) is 47.1 Å². The molecule has 4 fully saturated rings. The van der Waals surface area contributed by atoms with E-state index in [0.717, 1.165) is 120 Å². The number of rotatable bonds is 18. The number of hydrogen-bond acceptors (Lipinski definition) is 16. The summed E-state index contributed by atoms with van der Waals surface area (Å²) in [5.41, 5.74) is 6.12. The maximum atomic E-state index is 13.4. The Balaban J connectivity index is 0.000000165. The summed E-state index contributed by atoms with van der Waals surface area (Å²) in [5.74, 6) is 2.13. The van der Waals surface area contributed by atoms with Gasteiger partial charge < -0.3 is 31.9 Å². The van der Waals surface area contributed by atoms with Crippen molar-refractivity contribution in [1.29, 1.82) is 9.56 Å². The molecule has 24 heteroatoms. The number of carbonyl (C=O) groups excluding carboxylic acids is 4. The third-order valence-electron chi connectivity index (χ3n) is 15.6. The van der Waals surface area contributed by atoms with Crippen LogP contribution in [0.3, 0.4) is 0 Å². The average Bonchev–Trinajstić information content (AvgIpc) is 4.41. The molecule has 0 aliphatic heterocycles. The van der Waals surface area contributed by atoms with Gasteiger partial charge in [-0.3, -0.25) is 28.3 Å². The predicted octanol–water partition coefficient (Wildman–Crippen LogP) is 9.29. The normalized spacial score (nSPS) is 20.1. The van der Waals surface area contributed by atoms with Crippen molar-refractivity contribution in [3.8, 4) is 0 Å². The molecule has 6 aliphatic carbocycles. The Kier molecular flexibility index (Phi) is 14.8. The highest BCUT2D eigenvalue weighted by molar-refractivity contribution is 7.92. The van der Waals surface area contributed by atoms with Crippen molar-refractivity contribution >= 4 is 99.0 Å². The van der Waals surface area contributed by atoms with Gasteiger partial charge in [-0.25, -0.2) is 18.0 Å². The lowest BCUT2D eigenvalue weighted by Crippen LogP contribution is -2.28. The Hall–Kier alpha value is -6.50. The van der Waals surface area contributed by atoms with E-state index < -0.39 is 19.5 Å². The van der Waals surface area contributed by atoms with Crippen molar-refractivity contribution in [2.75, 3.05) is 46.9 Å². The maximum Gasteiger partial charge on any atom is 0.254 e. The highest BCUT2D eigenvalue weighted by Crippen LogP contribution is 2.45. The first kappa shape index (κ1) is 53.5. The number of aryl methyl sites for hydroxylation is 2. The quantitative estimate of drug-likeness (QED) is 0.0400. The zero-order valence-electron chi connectivity index (χ0n) is 44.2.